The summed E-state index contributed by atoms with van der Waals surface area (Å²) < 4.78 is 1.63. The van der Waals surface area contributed by atoms with E-state index in [9.17, 15) is 14.7 Å². The fraction of sp³-hybridized carbons (Fsp3) is 0.615. The molecule has 20 heavy (non-hydrogen) atoms. The van der Waals surface area contributed by atoms with Gasteiger partial charge in [-0.1, -0.05) is 0 Å². The number of aromatic nitrogens is 2. The Morgan fingerprint density at radius 2 is 2.15 bits per heavy atom. The van der Waals surface area contributed by atoms with Crippen molar-refractivity contribution in [1.82, 2.24) is 14.7 Å². The van der Waals surface area contributed by atoms with E-state index in [4.69, 9.17) is 0 Å². The zero-order valence-electron chi connectivity index (χ0n) is 11.7. The standard InChI is InChI=1S/C13H18N4O3/c1-8-11(13(19)20)12(15(2)14-8)16-5-6-17-9(7-16)3-4-10(17)18/h9H,3-7H2,1-2H3,(H,19,20). The Balaban J connectivity index is 1.91. The summed E-state index contributed by atoms with van der Waals surface area (Å²) in [5.74, 6) is -0.0844. The summed E-state index contributed by atoms with van der Waals surface area (Å²) in [4.78, 5) is 27.1. The lowest BCUT2D eigenvalue weighted by Gasteiger charge is -2.38. The van der Waals surface area contributed by atoms with Crippen LogP contribution >= 0.6 is 0 Å². The number of rotatable bonds is 2. The second-order valence-corrected chi connectivity index (χ2v) is 5.44. The van der Waals surface area contributed by atoms with Gasteiger partial charge in [0.25, 0.3) is 0 Å². The van der Waals surface area contributed by atoms with Gasteiger partial charge in [0.05, 0.1) is 5.69 Å². The lowest BCUT2D eigenvalue weighted by Crippen LogP contribution is -2.52. The highest BCUT2D eigenvalue weighted by atomic mass is 16.4. The van der Waals surface area contributed by atoms with E-state index in [0.29, 0.717) is 37.6 Å². The number of fused-ring (bicyclic) bond motifs is 1. The van der Waals surface area contributed by atoms with Crippen molar-refractivity contribution in [2.75, 3.05) is 24.5 Å². The third-order valence-corrected chi connectivity index (χ3v) is 4.20. The highest BCUT2D eigenvalue weighted by Crippen LogP contribution is 2.29. The molecule has 7 heteroatoms. The summed E-state index contributed by atoms with van der Waals surface area (Å²) in [6.07, 6.45) is 1.46. The first-order valence-electron chi connectivity index (χ1n) is 6.80. The molecule has 1 unspecified atom stereocenters. The predicted octanol–water partition coefficient (Wildman–Crippen LogP) is 0.238. The molecule has 3 heterocycles. The van der Waals surface area contributed by atoms with Crippen LogP contribution in [-0.4, -0.2) is 57.3 Å². The van der Waals surface area contributed by atoms with Crippen molar-refractivity contribution in [2.24, 2.45) is 7.05 Å². The maximum Gasteiger partial charge on any atom is 0.341 e. The summed E-state index contributed by atoms with van der Waals surface area (Å²) >= 11 is 0. The second-order valence-electron chi connectivity index (χ2n) is 5.44. The van der Waals surface area contributed by atoms with Gasteiger partial charge in [-0.3, -0.25) is 9.48 Å². The van der Waals surface area contributed by atoms with Gasteiger partial charge in [-0.15, -0.1) is 0 Å². The number of amides is 1. The number of carbonyl (C=O) groups excluding carboxylic acids is 1. The van der Waals surface area contributed by atoms with Crippen LogP contribution in [0.25, 0.3) is 0 Å². The number of carboxylic acids is 1. The lowest BCUT2D eigenvalue weighted by atomic mass is 10.1. The summed E-state index contributed by atoms with van der Waals surface area (Å²) in [5, 5.41) is 13.6. The molecule has 0 spiro atoms. The molecule has 3 rings (SSSR count). The molecule has 2 aliphatic heterocycles. The van der Waals surface area contributed by atoms with Gasteiger partial charge in [0.1, 0.15) is 11.4 Å². The Morgan fingerprint density at radius 3 is 2.85 bits per heavy atom. The van der Waals surface area contributed by atoms with Crippen molar-refractivity contribution >= 4 is 17.7 Å². The molecular weight excluding hydrogens is 260 g/mol. The summed E-state index contributed by atoms with van der Waals surface area (Å²) in [6.45, 7) is 3.71. The van der Waals surface area contributed by atoms with Crippen molar-refractivity contribution in [3.8, 4) is 0 Å². The van der Waals surface area contributed by atoms with Crippen LogP contribution in [0, 0.1) is 6.92 Å². The molecule has 7 nitrogen and oxygen atoms in total. The highest BCUT2D eigenvalue weighted by Gasteiger charge is 2.37. The Morgan fingerprint density at radius 1 is 1.40 bits per heavy atom. The molecule has 1 atom stereocenters. The number of aryl methyl sites for hydroxylation is 2. The predicted molar refractivity (Wildman–Crippen MR) is 71.9 cm³/mol. The molecule has 1 aromatic rings. The Bertz CT molecular complexity index is 580. The maximum atomic E-state index is 11.7. The van der Waals surface area contributed by atoms with E-state index in [0.717, 1.165) is 6.42 Å². The Labute approximate surface area is 116 Å². The van der Waals surface area contributed by atoms with E-state index < -0.39 is 5.97 Å². The quantitative estimate of drug-likeness (QED) is 0.838. The van der Waals surface area contributed by atoms with Crippen LogP contribution in [-0.2, 0) is 11.8 Å². The average Bonchev–Trinajstić information content (AvgIpc) is 2.89. The van der Waals surface area contributed by atoms with Crippen LogP contribution in [0.2, 0.25) is 0 Å². The van der Waals surface area contributed by atoms with Crippen molar-refractivity contribution in [3.05, 3.63) is 11.3 Å². The fourth-order valence-electron chi connectivity index (χ4n) is 3.32. The zero-order valence-corrected chi connectivity index (χ0v) is 11.7. The number of hydrogen-bond donors (Lipinski definition) is 1. The van der Waals surface area contributed by atoms with E-state index in [1.165, 1.54) is 0 Å². The van der Waals surface area contributed by atoms with Crippen LogP contribution in [0.5, 0.6) is 0 Å². The second kappa shape index (κ2) is 4.50. The molecule has 108 valence electrons. The number of aromatic carboxylic acids is 1. The Hall–Kier alpha value is -2.05. The highest BCUT2D eigenvalue weighted by molar-refractivity contribution is 5.95. The third-order valence-electron chi connectivity index (χ3n) is 4.20. The molecule has 0 aromatic carbocycles. The molecular formula is C13H18N4O3. The van der Waals surface area contributed by atoms with Crippen LogP contribution in [0.4, 0.5) is 5.82 Å². The van der Waals surface area contributed by atoms with E-state index in [1.54, 1.807) is 18.7 Å². The topological polar surface area (TPSA) is 78.7 Å². The first-order valence-corrected chi connectivity index (χ1v) is 6.80. The number of nitrogens with zero attached hydrogens (tertiary/aromatic N) is 4. The summed E-state index contributed by atoms with van der Waals surface area (Å²) in [7, 11) is 1.76. The third kappa shape index (κ3) is 1.85. The Kier molecular flexibility index (Phi) is 2.92. The van der Waals surface area contributed by atoms with E-state index >= 15 is 0 Å². The van der Waals surface area contributed by atoms with Crippen LogP contribution in [0.1, 0.15) is 28.9 Å². The summed E-state index contributed by atoms with van der Waals surface area (Å²) in [5.41, 5.74) is 0.796. The fourth-order valence-corrected chi connectivity index (χ4v) is 3.32. The largest absolute Gasteiger partial charge is 0.477 e. The van der Waals surface area contributed by atoms with Gasteiger partial charge in [-0.05, 0) is 13.3 Å². The molecule has 1 aromatic heterocycles. The SMILES string of the molecule is Cc1nn(C)c(N2CCN3C(=O)CCC3C2)c1C(=O)O. The number of hydrogen-bond acceptors (Lipinski definition) is 4. The van der Waals surface area contributed by atoms with Crippen molar-refractivity contribution in [2.45, 2.75) is 25.8 Å². The minimum Gasteiger partial charge on any atom is -0.477 e. The van der Waals surface area contributed by atoms with E-state index in [-0.39, 0.29) is 17.5 Å². The molecule has 0 bridgehead atoms. The number of anilines is 1. The molecule has 1 N–H and O–H groups in total. The van der Waals surface area contributed by atoms with Crippen LogP contribution in [0.15, 0.2) is 0 Å². The van der Waals surface area contributed by atoms with Crippen LogP contribution in [0.3, 0.4) is 0 Å². The van der Waals surface area contributed by atoms with Gasteiger partial charge < -0.3 is 14.9 Å². The molecule has 2 saturated heterocycles. The van der Waals surface area contributed by atoms with Crippen LogP contribution < -0.4 is 4.90 Å². The number of carbonyl (C=O) groups is 2. The summed E-state index contributed by atoms with van der Waals surface area (Å²) in [6, 6.07) is 0.202. The van der Waals surface area contributed by atoms with Gasteiger partial charge in [0, 0.05) is 39.1 Å². The first-order chi connectivity index (χ1) is 9.49. The van der Waals surface area contributed by atoms with E-state index in [2.05, 4.69) is 5.10 Å². The molecule has 0 aliphatic carbocycles. The van der Waals surface area contributed by atoms with Crippen molar-refractivity contribution in [3.63, 3.8) is 0 Å². The zero-order chi connectivity index (χ0) is 14.4. The minimum atomic E-state index is -0.949. The van der Waals surface area contributed by atoms with Gasteiger partial charge in [-0.25, -0.2) is 4.79 Å². The average molecular weight is 278 g/mol. The maximum absolute atomic E-state index is 11.7. The van der Waals surface area contributed by atoms with E-state index in [1.807, 2.05) is 9.80 Å². The number of carboxylic acid groups (broad SMARTS) is 1. The van der Waals surface area contributed by atoms with Crippen molar-refractivity contribution < 1.29 is 14.7 Å². The van der Waals surface area contributed by atoms with Gasteiger partial charge in [-0.2, -0.15) is 5.10 Å². The normalized spacial score (nSPS) is 22.3. The van der Waals surface area contributed by atoms with Gasteiger partial charge in [0.2, 0.25) is 5.91 Å². The molecule has 1 amide bonds. The lowest BCUT2D eigenvalue weighted by molar-refractivity contribution is -0.129. The minimum absolute atomic E-state index is 0.202. The molecule has 0 radical (unpaired) electrons. The monoisotopic (exact) mass is 278 g/mol. The molecule has 2 aliphatic rings. The number of piperazine rings is 1. The first kappa shape index (κ1) is 13.0. The smallest absolute Gasteiger partial charge is 0.341 e. The molecule has 2 fully saturated rings. The van der Waals surface area contributed by atoms with Gasteiger partial charge >= 0.3 is 5.97 Å². The van der Waals surface area contributed by atoms with Crippen molar-refractivity contribution in [1.29, 1.82) is 0 Å². The van der Waals surface area contributed by atoms with Gasteiger partial charge in [0.15, 0.2) is 0 Å². The molecule has 0 saturated carbocycles.